The standard InChI is InChI=1S/C34H32N2O6S/c1-5-40-32(38)26-16-12-23(13-17-26)20-42-27-9-7-8-24(18-27)19-28-31(37)36-30(25-14-10-21(3)11-15-25)29(33(39)41-6-2)22(4)35-34(36)43-28/h7-19,30H,5-6,20H2,1-4H3/b28-19-/t30-/m0/s1. The van der Waals surface area contributed by atoms with Crippen molar-refractivity contribution in [3.05, 3.63) is 132 Å². The van der Waals surface area contributed by atoms with Crippen LogP contribution >= 0.6 is 11.3 Å². The fourth-order valence-corrected chi connectivity index (χ4v) is 5.87. The van der Waals surface area contributed by atoms with Crippen molar-refractivity contribution in [2.75, 3.05) is 13.2 Å². The summed E-state index contributed by atoms with van der Waals surface area (Å²) in [5, 5.41) is 0. The predicted molar refractivity (Wildman–Crippen MR) is 165 cm³/mol. The van der Waals surface area contributed by atoms with Gasteiger partial charge in [0, 0.05) is 0 Å². The number of benzene rings is 3. The molecule has 0 aliphatic carbocycles. The van der Waals surface area contributed by atoms with Gasteiger partial charge in [-0.1, -0.05) is 65.4 Å². The molecule has 9 heteroatoms. The molecule has 0 saturated heterocycles. The summed E-state index contributed by atoms with van der Waals surface area (Å²) in [6.07, 6.45) is 1.81. The summed E-state index contributed by atoms with van der Waals surface area (Å²) in [5.41, 5.74) is 4.70. The first-order valence-corrected chi connectivity index (χ1v) is 14.9. The largest absolute Gasteiger partial charge is 0.489 e. The van der Waals surface area contributed by atoms with Crippen molar-refractivity contribution < 1.29 is 23.8 Å². The third-order valence-electron chi connectivity index (χ3n) is 6.94. The van der Waals surface area contributed by atoms with Gasteiger partial charge >= 0.3 is 11.9 Å². The van der Waals surface area contributed by atoms with Crippen LogP contribution in [-0.2, 0) is 20.9 Å². The van der Waals surface area contributed by atoms with E-state index in [4.69, 9.17) is 14.2 Å². The molecule has 220 valence electrons. The number of aromatic nitrogens is 1. The maximum atomic E-state index is 13.9. The third-order valence-corrected chi connectivity index (χ3v) is 7.92. The fraction of sp³-hybridized carbons (Fsp3) is 0.235. The Balaban J connectivity index is 1.45. The van der Waals surface area contributed by atoms with E-state index in [9.17, 15) is 14.4 Å². The fourth-order valence-electron chi connectivity index (χ4n) is 4.82. The third kappa shape index (κ3) is 6.52. The van der Waals surface area contributed by atoms with Gasteiger partial charge in [-0.15, -0.1) is 0 Å². The zero-order chi connectivity index (χ0) is 30.5. The van der Waals surface area contributed by atoms with Gasteiger partial charge in [0.2, 0.25) is 0 Å². The van der Waals surface area contributed by atoms with Crippen LogP contribution in [0.4, 0.5) is 0 Å². The van der Waals surface area contributed by atoms with Crippen LogP contribution in [0.1, 0.15) is 59.4 Å². The molecule has 2 heterocycles. The number of carbonyl (C=O) groups is 2. The molecule has 1 aromatic heterocycles. The van der Waals surface area contributed by atoms with Gasteiger partial charge in [0.25, 0.3) is 5.56 Å². The van der Waals surface area contributed by atoms with Crippen molar-refractivity contribution in [3.63, 3.8) is 0 Å². The van der Waals surface area contributed by atoms with Gasteiger partial charge in [0.1, 0.15) is 12.4 Å². The zero-order valence-electron chi connectivity index (χ0n) is 24.5. The predicted octanol–water partition coefficient (Wildman–Crippen LogP) is 4.86. The van der Waals surface area contributed by atoms with E-state index in [2.05, 4.69) is 4.99 Å². The topological polar surface area (TPSA) is 96.2 Å². The minimum Gasteiger partial charge on any atom is -0.489 e. The molecule has 1 aliphatic rings. The summed E-state index contributed by atoms with van der Waals surface area (Å²) < 4.78 is 18.5. The lowest BCUT2D eigenvalue weighted by Gasteiger charge is -2.24. The Kier molecular flexibility index (Phi) is 9.01. The minimum atomic E-state index is -0.650. The molecular weight excluding hydrogens is 564 g/mol. The number of hydrogen-bond donors (Lipinski definition) is 0. The Morgan fingerprint density at radius 2 is 1.63 bits per heavy atom. The number of esters is 2. The second kappa shape index (κ2) is 13.0. The highest BCUT2D eigenvalue weighted by molar-refractivity contribution is 7.07. The number of carbonyl (C=O) groups excluding carboxylic acids is 2. The highest BCUT2D eigenvalue weighted by Gasteiger charge is 2.33. The summed E-state index contributed by atoms with van der Waals surface area (Å²) in [5.74, 6) is -0.205. The molecule has 43 heavy (non-hydrogen) atoms. The van der Waals surface area contributed by atoms with E-state index >= 15 is 0 Å². The number of ether oxygens (including phenoxy) is 3. The van der Waals surface area contributed by atoms with E-state index in [-0.39, 0.29) is 18.1 Å². The van der Waals surface area contributed by atoms with E-state index in [1.165, 1.54) is 11.3 Å². The molecule has 0 radical (unpaired) electrons. The van der Waals surface area contributed by atoms with E-state index in [1.807, 2.05) is 67.6 Å². The quantitative estimate of drug-likeness (QED) is 0.256. The van der Waals surface area contributed by atoms with Crippen LogP contribution in [0.25, 0.3) is 6.08 Å². The molecule has 1 atom stereocenters. The SMILES string of the molecule is CCOC(=O)C1=C(C)N=c2s/c(=C\c3cccc(OCc4ccc(C(=O)OCC)cc4)c3)c(=O)n2[C@H]1c1ccc(C)cc1. The minimum absolute atomic E-state index is 0.220. The molecule has 0 unspecified atom stereocenters. The maximum Gasteiger partial charge on any atom is 0.338 e. The van der Waals surface area contributed by atoms with Gasteiger partial charge in [-0.05, 0) is 74.7 Å². The molecular formula is C34H32N2O6S. The summed E-state index contributed by atoms with van der Waals surface area (Å²) in [6.45, 7) is 8.14. The smallest absolute Gasteiger partial charge is 0.338 e. The number of nitrogens with zero attached hydrogens (tertiary/aromatic N) is 2. The first kappa shape index (κ1) is 29.7. The maximum absolute atomic E-state index is 13.9. The molecule has 4 aromatic rings. The summed E-state index contributed by atoms with van der Waals surface area (Å²) in [6, 6.07) is 21.7. The molecule has 0 spiro atoms. The molecule has 5 rings (SSSR count). The van der Waals surface area contributed by atoms with E-state index < -0.39 is 12.0 Å². The van der Waals surface area contributed by atoms with Crippen molar-refractivity contribution >= 4 is 29.4 Å². The highest BCUT2D eigenvalue weighted by atomic mass is 32.1. The molecule has 0 fully saturated rings. The average Bonchev–Trinajstić information content (AvgIpc) is 3.30. The number of fused-ring (bicyclic) bond motifs is 1. The van der Waals surface area contributed by atoms with Gasteiger partial charge in [-0.25, -0.2) is 14.6 Å². The van der Waals surface area contributed by atoms with Crippen molar-refractivity contribution in [3.8, 4) is 5.75 Å². The number of aryl methyl sites for hydroxylation is 1. The van der Waals surface area contributed by atoms with Gasteiger partial charge < -0.3 is 14.2 Å². The lowest BCUT2D eigenvalue weighted by atomic mass is 9.95. The Hall–Kier alpha value is -4.76. The first-order valence-electron chi connectivity index (χ1n) is 14.0. The number of thiazole rings is 1. The monoisotopic (exact) mass is 596 g/mol. The number of allylic oxidation sites excluding steroid dienone is 1. The number of rotatable bonds is 9. The van der Waals surface area contributed by atoms with Crippen molar-refractivity contribution in [2.45, 2.75) is 40.3 Å². The first-order chi connectivity index (χ1) is 20.8. The second-order valence-electron chi connectivity index (χ2n) is 9.99. The summed E-state index contributed by atoms with van der Waals surface area (Å²) >= 11 is 1.28. The highest BCUT2D eigenvalue weighted by Crippen LogP contribution is 2.31. The molecule has 1 aliphatic heterocycles. The van der Waals surface area contributed by atoms with E-state index in [0.29, 0.717) is 45.1 Å². The molecule has 0 bridgehead atoms. The van der Waals surface area contributed by atoms with Crippen molar-refractivity contribution in [1.82, 2.24) is 4.57 Å². The van der Waals surface area contributed by atoms with Gasteiger partial charge in [0.15, 0.2) is 4.80 Å². The van der Waals surface area contributed by atoms with Crippen LogP contribution in [0.15, 0.2) is 93.9 Å². The number of hydrogen-bond acceptors (Lipinski definition) is 8. The summed E-state index contributed by atoms with van der Waals surface area (Å²) in [7, 11) is 0. The Morgan fingerprint density at radius 1 is 0.930 bits per heavy atom. The van der Waals surface area contributed by atoms with Gasteiger partial charge in [0.05, 0.1) is 40.6 Å². The molecule has 8 nitrogen and oxygen atoms in total. The Bertz CT molecular complexity index is 1870. The lowest BCUT2D eigenvalue weighted by Crippen LogP contribution is -2.39. The van der Waals surface area contributed by atoms with Crippen LogP contribution < -0.4 is 19.6 Å². The normalized spacial score (nSPS) is 14.6. The van der Waals surface area contributed by atoms with Crippen LogP contribution in [0, 0.1) is 6.92 Å². The second-order valence-corrected chi connectivity index (χ2v) is 11.0. The average molecular weight is 597 g/mol. The zero-order valence-corrected chi connectivity index (χ0v) is 25.3. The summed E-state index contributed by atoms with van der Waals surface area (Å²) in [4.78, 5) is 44.0. The van der Waals surface area contributed by atoms with Crippen LogP contribution in [0.5, 0.6) is 5.75 Å². The van der Waals surface area contributed by atoms with Crippen molar-refractivity contribution in [1.29, 1.82) is 0 Å². The van der Waals surface area contributed by atoms with Crippen LogP contribution in [0.3, 0.4) is 0 Å². The Labute approximate surface area is 253 Å². The Morgan fingerprint density at radius 3 is 2.33 bits per heavy atom. The van der Waals surface area contributed by atoms with Crippen LogP contribution in [0.2, 0.25) is 0 Å². The molecule has 0 N–H and O–H groups in total. The van der Waals surface area contributed by atoms with E-state index in [0.717, 1.165) is 22.3 Å². The van der Waals surface area contributed by atoms with Gasteiger partial charge in [-0.2, -0.15) is 0 Å². The van der Waals surface area contributed by atoms with Crippen molar-refractivity contribution in [2.24, 2.45) is 4.99 Å². The van der Waals surface area contributed by atoms with E-state index in [1.54, 1.807) is 43.5 Å². The van der Waals surface area contributed by atoms with Crippen LogP contribution in [-0.4, -0.2) is 29.7 Å². The lowest BCUT2D eigenvalue weighted by molar-refractivity contribution is -0.139. The van der Waals surface area contributed by atoms with Gasteiger partial charge in [-0.3, -0.25) is 9.36 Å². The molecule has 0 saturated carbocycles. The molecule has 3 aromatic carbocycles. The molecule has 0 amide bonds.